The van der Waals surface area contributed by atoms with Crippen molar-refractivity contribution in [3.63, 3.8) is 0 Å². The molecule has 5 rings (SSSR count). The molecule has 0 amide bonds. The van der Waals surface area contributed by atoms with Crippen LogP contribution in [0.15, 0.2) is 42.0 Å². The highest BCUT2D eigenvalue weighted by atomic mass is 14.5. The molecule has 106 valence electrons. The molecule has 2 bridgehead atoms. The lowest BCUT2D eigenvalue weighted by atomic mass is 9.62. The first-order chi connectivity index (χ1) is 10.2. The summed E-state index contributed by atoms with van der Waals surface area (Å²) >= 11 is 0. The molecule has 21 heavy (non-hydrogen) atoms. The number of rotatable bonds is 0. The van der Waals surface area contributed by atoms with Gasteiger partial charge in [0.15, 0.2) is 0 Å². The zero-order chi connectivity index (χ0) is 14.0. The van der Waals surface area contributed by atoms with Crippen molar-refractivity contribution in [1.29, 1.82) is 0 Å². The van der Waals surface area contributed by atoms with Crippen molar-refractivity contribution >= 4 is 16.5 Å². The quantitative estimate of drug-likeness (QED) is 0.545. The maximum absolute atomic E-state index is 5.96. The summed E-state index contributed by atoms with van der Waals surface area (Å²) in [5, 5.41) is 2.68. The number of fused-ring (bicyclic) bond motifs is 6. The summed E-state index contributed by atoms with van der Waals surface area (Å²) in [4.78, 5) is 0. The fourth-order valence-corrected chi connectivity index (χ4v) is 5.28. The predicted octanol–water partition coefficient (Wildman–Crippen LogP) is 4.74. The Balaban J connectivity index is 1.75. The molecular weight excluding hydrogens is 254 g/mol. The van der Waals surface area contributed by atoms with Gasteiger partial charge in [-0.25, -0.2) is 0 Å². The van der Waals surface area contributed by atoms with Gasteiger partial charge in [0.05, 0.1) is 0 Å². The van der Waals surface area contributed by atoms with E-state index in [1.807, 2.05) is 6.07 Å². The van der Waals surface area contributed by atoms with Gasteiger partial charge in [-0.15, -0.1) is 0 Å². The number of benzene rings is 2. The molecule has 0 aliphatic heterocycles. The molecule has 0 radical (unpaired) electrons. The highest BCUT2D eigenvalue weighted by Gasteiger charge is 2.49. The second kappa shape index (κ2) is 3.91. The Hall–Kier alpha value is -1.76. The van der Waals surface area contributed by atoms with Crippen molar-refractivity contribution in [2.75, 3.05) is 5.73 Å². The molecule has 2 atom stereocenters. The molecule has 1 heteroatoms. The Morgan fingerprint density at radius 3 is 2.86 bits per heavy atom. The van der Waals surface area contributed by atoms with Gasteiger partial charge in [0, 0.05) is 11.1 Å². The van der Waals surface area contributed by atoms with E-state index in [1.54, 1.807) is 16.7 Å². The highest BCUT2D eigenvalue weighted by molar-refractivity contribution is 5.87. The van der Waals surface area contributed by atoms with Crippen LogP contribution in [0.2, 0.25) is 0 Å². The SMILES string of the molecule is Nc1ccc2cc3c(cc2c1)CCCC31CC2=CCC1C2. The second-order valence-corrected chi connectivity index (χ2v) is 7.30. The number of allylic oxidation sites excluding steroid dienone is 2. The van der Waals surface area contributed by atoms with Crippen molar-refractivity contribution in [2.24, 2.45) is 5.92 Å². The lowest BCUT2D eigenvalue weighted by Crippen LogP contribution is -2.35. The number of hydrogen-bond donors (Lipinski definition) is 1. The van der Waals surface area contributed by atoms with E-state index in [9.17, 15) is 0 Å². The minimum atomic E-state index is 0.466. The first-order valence-corrected chi connectivity index (χ1v) is 8.25. The van der Waals surface area contributed by atoms with Gasteiger partial charge in [-0.3, -0.25) is 0 Å². The van der Waals surface area contributed by atoms with Gasteiger partial charge in [0.1, 0.15) is 0 Å². The monoisotopic (exact) mass is 275 g/mol. The molecule has 0 saturated heterocycles. The fraction of sp³-hybridized carbons (Fsp3) is 0.400. The number of aryl methyl sites for hydroxylation is 1. The van der Waals surface area contributed by atoms with Gasteiger partial charge < -0.3 is 5.73 Å². The third kappa shape index (κ3) is 1.52. The molecule has 2 N–H and O–H groups in total. The van der Waals surface area contributed by atoms with Crippen LogP contribution in [0.1, 0.15) is 43.2 Å². The Kier molecular flexibility index (Phi) is 2.21. The summed E-state index contributed by atoms with van der Waals surface area (Å²) in [6.07, 6.45) is 10.5. The van der Waals surface area contributed by atoms with Crippen molar-refractivity contribution in [2.45, 2.75) is 43.9 Å². The predicted molar refractivity (Wildman–Crippen MR) is 88.4 cm³/mol. The van der Waals surface area contributed by atoms with Crippen LogP contribution < -0.4 is 5.73 Å². The summed E-state index contributed by atoms with van der Waals surface area (Å²) in [5.41, 5.74) is 12.3. The zero-order valence-corrected chi connectivity index (χ0v) is 12.4. The molecule has 1 saturated carbocycles. The van der Waals surface area contributed by atoms with Crippen LogP contribution in [0.5, 0.6) is 0 Å². The average molecular weight is 275 g/mol. The first-order valence-electron chi connectivity index (χ1n) is 8.25. The topological polar surface area (TPSA) is 26.0 Å². The summed E-state index contributed by atoms with van der Waals surface area (Å²) < 4.78 is 0. The largest absolute Gasteiger partial charge is 0.399 e. The van der Waals surface area contributed by atoms with Crippen molar-refractivity contribution in [3.8, 4) is 0 Å². The van der Waals surface area contributed by atoms with Crippen LogP contribution in [0.25, 0.3) is 10.8 Å². The Morgan fingerprint density at radius 2 is 2.05 bits per heavy atom. The number of nitrogens with two attached hydrogens (primary N) is 1. The smallest absolute Gasteiger partial charge is 0.0320 e. The normalized spacial score (nSPS) is 29.9. The third-order valence-corrected chi connectivity index (χ3v) is 6.22. The number of hydrogen-bond acceptors (Lipinski definition) is 1. The highest BCUT2D eigenvalue weighted by Crippen LogP contribution is 2.58. The fourth-order valence-electron chi connectivity index (χ4n) is 5.28. The van der Waals surface area contributed by atoms with E-state index < -0.39 is 0 Å². The van der Waals surface area contributed by atoms with E-state index in [0.29, 0.717) is 5.41 Å². The van der Waals surface area contributed by atoms with E-state index in [2.05, 4.69) is 30.3 Å². The van der Waals surface area contributed by atoms with E-state index in [4.69, 9.17) is 5.73 Å². The average Bonchev–Trinajstić information content (AvgIpc) is 3.07. The molecule has 3 aliphatic carbocycles. The minimum Gasteiger partial charge on any atom is -0.399 e. The van der Waals surface area contributed by atoms with Gasteiger partial charge in [0.25, 0.3) is 0 Å². The first kappa shape index (κ1) is 11.9. The maximum Gasteiger partial charge on any atom is 0.0320 e. The van der Waals surface area contributed by atoms with Crippen molar-refractivity contribution in [1.82, 2.24) is 0 Å². The van der Waals surface area contributed by atoms with Gasteiger partial charge in [0.2, 0.25) is 0 Å². The molecule has 0 heterocycles. The van der Waals surface area contributed by atoms with E-state index >= 15 is 0 Å². The minimum absolute atomic E-state index is 0.466. The maximum atomic E-state index is 5.96. The Labute approximate surface area is 125 Å². The molecule has 2 unspecified atom stereocenters. The summed E-state index contributed by atoms with van der Waals surface area (Å²) in [7, 11) is 0. The third-order valence-electron chi connectivity index (χ3n) is 6.22. The number of anilines is 1. The van der Waals surface area contributed by atoms with Gasteiger partial charge in [-0.2, -0.15) is 0 Å². The molecule has 1 nitrogen and oxygen atoms in total. The zero-order valence-electron chi connectivity index (χ0n) is 12.4. The Morgan fingerprint density at radius 1 is 1.10 bits per heavy atom. The van der Waals surface area contributed by atoms with Crippen LogP contribution in [0.3, 0.4) is 0 Å². The van der Waals surface area contributed by atoms with Gasteiger partial charge >= 0.3 is 0 Å². The summed E-state index contributed by atoms with van der Waals surface area (Å²) in [5.74, 6) is 0.873. The summed E-state index contributed by atoms with van der Waals surface area (Å²) in [6.45, 7) is 0. The second-order valence-electron chi connectivity index (χ2n) is 7.30. The molecular formula is C20H21N. The van der Waals surface area contributed by atoms with Crippen LogP contribution in [0.4, 0.5) is 5.69 Å². The van der Waals surface area contributed by atoms with E-state index in [-0.39, 0.29) is 0 Å². The van der Waals surface area contributed by atoms with Gasteiger partial charge in [-0.1, -0.05) is 29.8 Å². The molecule has 1 spiro atoms. The lowest BCUT2D eigenvalue weighted by molar-refractivity contribution is 0.270. The van der Waals surface area contributed by atoms with Crippen LogP contribution in [0, 0.1) is 5.92 Å². The van der Waals surface area contributed by atoms with Crippen LogP contribution >= 0.6 is 0 Å². The van der Waals surface area contributed by atoms with Crippen molar-refractivity contribution in [3.05, 3.63) is 53.1 Å². The van der Waals surface area contributed by atoms with Crippen molar-refractivity contribution < 1.29 is 0 Å². The molecule has 2 aromatic rings. The standard InChI is InChI=1S/C20H21N/c21-18-6-4-14-11-19-15(9-16(14)10-18)2-1-7-20(19)12-13-3-5-17(20)8-13/h3-4,6,9-11,17H,1-2,5,7-8,12,21H2. The van der Waals surface area contributed by atoms with E-state index in [0.717, 1.165) is 11.6 Å². The molecule has 1 fully saturated rings. The van der Waals surface area contributed by atoms with Gasteiger partial charge in [-0.05, 0) is 78.5 Å². The summed E-state index contributed by atoms with van der Waals surface area (Å²) in [6, 6.07) is 11.3. The van der Waals surface area contributed by atoms with Crippen LogP contribution in [-0.4, -0.2) is 0 Å². The molecule has 0 aromatic heterocycles. The number of nitrogen functional groups attached to an aromatic ring is 1. The van der Waals surface area contributed by atoms with E-state index in [1.165, 1.54) is 49.3 Å². The van der Waals surface area contributed by atoms with Crippen LogP contribution in [-0.2, 0) is 11.8 Å². The molecule has 3 aliphatic rings. The Bertz CT molecular complexity index is 786. The lowest BCUT2D eigenvalue weighted by Gasteiger charge is -2.41. The molecule has 2 aromatic carbocycles.